The quantitative estimate of drug-likeness (QED) is 0.455. The number of carbonyl (C=O) groups is 2. The van der Waals surface area contributed by atoms with Crippen LogP contribution < -0.4 is 0 Å². The Balaban J connectivity index is 2.26. The summed E-state index contributed by atoms with van der Waals surface area (Å²) in [4.78, 5) is 24.3. The Morgan fingerprint density at radius 1 is 1.35 bits per heavy atom. The summed E-state index contributed by atoms with van der Waals surface area (Å²) in [7, 11) is 0. The maximum atomic E-state index is 12.4. The molecule has 2 unspecified atom stereocenters. The van der Waals surface area contributed by atoms with Crippen LogP contribution in [0.25, 0.3) is 0 Å². The van der Waals surface area contributed by atoms with E-state index in [-0.39, 0.29) is 17.7 Å². The molecule has 0 heterocycles. The molecule has 1 aromatic carbocycles. The van der Waals surface area contributed by atoms with Gasteiger partial charge in [-0.2, -0.15) is 0 Å². The van der Waals surface area contributed by atoms with Crippen molar-refractivity contribution in [1.29, 1.82) is 0 Å². The van der Waals surface area contributed by atoms with Crippen molar-refractivity contribution in [3.8, 4) is 0 Å². The van der Waals surface area contributed by atoms with Gasteiger partial charge < -0.3 is 4.74 Å². The highest BCUT2D eigenvalue weighted by molar-refractivity contribution is 6.15. The van der Waals surface area contributed by atoms with Crippen LogP contribution in [0.1, 0.15) is 30.6 Å². The van der Waals surface area contributed by atoms with Crippen molar-refractivity contribution in [1.82, 2.24) is 0 Å². The summed E-state index contributed by atoms with van der Waals surface area (Å²) in [5.41, 5.74) is -0.331. The third-order valence-electron chi connectivity index (χ3n) is 3.39. The lowest BCUT2D eigenvalue weighted by Gasteiger charge is -2.13. The third kappa shape index (κ3) is 1.86. The highest BCUT2D eigenvalue weighted by Crippen LogP contribution is 2.55. The van der Waals surface area contributed by atoms with Crippen molar-refractivity contribution < 1.29 is 14.3 Å². The molecule has 1 aromatic rings. The molecule has 1 aliphatic carbocycles. The largest absolute Gasteiger partial charge is 0.465 e. The Bertz CT molecular complexity index is 438. The predicted octanol–water partition coefficient (Wildman–Crippen LogP) is 2.46. The van der Waals surface area contributed by atoms with Gasteiger partial charge in [-0.1, -0.05) is 37.3 Å². The minimum atomic E-state index is -0.919. The molecule has 0 bridgehead atoms. The predicted molar refractivity (Wildman–Crippen MR) is 63.6 cm³/mol. The second-order valence-electron chi connectivity index (χ2n) is 4.49. The number of benzene rings is 1. The van der Waals surface area contributed by atoms with Crippen LogP contribution >= 0.6 is 0 Å². The van der Waals surface area contributed by atoms with Crippen molar-refractivity contribution in [3.05, 3.63) is 35.9 Å². The minimum Gasteiger partial charge on any atom is -0.465 e. The number of esters is 1. The maximum absolute atomic E-state index is 12.4. The van der Waals surface area contributed by atoms with Crippen LogP contribution in [0, 0.1) is 11.3 Å². The van der Waals surface area contributed by atoms with Gasteiger partial charge in [0.05, 0.1) is 6.61 Å². The normalized spacial score (nSPS) is 26.4. The Kier molecular flexibility index (Phi) is 3.01. The van der Waals surface area contributed by atoms with E-state index in [0.717, 1.165) is 0 Å². The highest BCUT2D eigenvalue weighted by atomic mass is 16.5. The van der Waals surface area contributed by atoms with Crippen LogP contribution in [-0.4, -0.2) is 18.4 Å². The van der Waals surface area contributed by atoms with E-state index in [1.807, 2.05) is 13.0 Å². The first-order valence-corrected chi connectivity index (χ1v) is 5.90. The Morgan fingerprint density at radius 2 is 1.94 bits per heavy atom. The fraction of sp³-hybridized carbons (Fsp3) is 0.429. The van der Waals surface area contributed by atoms with Crippen LogP contribution in [0.2, 0.25) is 0 Å². The van der Waals surface area contributed by atoms with E-state index < -0.39 is 5.41 Å². The van der Waals surface area contributed by atoms with Gasteiger partial charge in [-0.05, 0) is 19.3 Å². The van der Waals surface area contributed by atoms with Gasteiger partial charge in [0.1, 0.15) is 5.41 Å². The molecule has 0 spiro atoms. The Hall–Kier alpha value is -1.64. The van der Waals surface area contributed by atoms with E-state index in [2.05, 4.69) is 0 Å². The first-order valence-electron chi connectivity index (χ1n) is 5.90. The zero-order chi connectivity index (χ0) is 12.5. The van der Waals surface area contributed by atoms with Crippen molar-refractivity contribution in [2.45, 2.75) is 20.3 Å². The SMILES string of the molecule is CCOC(=O)C1(C(=O)c2ccccc2)CC1C. The standard InChI is InChI=1S/C14H16O3/c1-3-17-13(16)14(9-10(14)2)12(15)11-7-5-4-6-8-11/h4-8,10H,3,9H2,1-2H3. The number of Topliss-reactive ketones (excluding diaryl/α,β-unsaturated/α-hetero) is 1. The summed E-state index contributed by atoms with van der Waals surface area (Å²) in [6.45, 7) is 3.98. The molecule has 0 aliphatic heterocycles. The van der Waals surface area contributed by atoms with Gasteiger partial charge in [0, 0.05) is 5.56 Å². The zero-order valence-corrected chi connectivity index (χ0v) is 10.1. The monoisotopic (exact) mass is 232 g/mol. The van der Waals surface area contributed by atoms with Crippen LogP contribution in [0.5, 0.6) is 0 Å². The summed E-state index contributed by atoms with van der Waals surface area (Å²) in [5.74, 6) is -0.403. The molecular formula is C14H16O3. The van der Waals surface area contributed by atoms with Gasteiger partial charge >= 0.3 is 5.97 Å². The number of rotatable bonds is 4. The summed E-state index contributed by atoms with van der Waals surface area (Å²) in [6.07, 6.45) is 0.597. The van der Waals surface area contributed by atoms with Crippen molar-refractivity contribution in [3.63, 3.8) is 0 Å². The number of ketones is 1. The van der Waals surface area contributed by atoms with Crippen molar-refractivity contribution >= 4 is 11.8 Å². The lowest BCUT2D eigenvalue weighted by molar-refractivity contribution is -0.148. The topological polar surface area (TPSA) is 43.4 Å². The minimum absolute atomic E-state index is 0.0780. The molecule has 1 saturated carbocycles. The molecule has 0 aromatic heterocycles. The molecule has 2 atom stereocenters. The van der Waals surface area contributed by atoms with Gasteiger partial charge in [0.25, 0.3) is 0 Å². The molecule has 0 radical (unpaired) electrons. The molecule has 1 fully saturated rings. The maximum Gasteiger partial charge on any atom is 0.320 e. The van der Waals surface area contributed by atoms with Crippen LogP contribution in [0.3, 0.4) is 0 Å². The van der Waals surface area contributed by atoms with Gasteiger partial charge in [-0.3, -0.25) is 9.59 Å². The van der Waals surface area contributed by atoms with Gasteiger partial charge in [-0.15, -0.1) is 0 Å². The molecule has 17 heavy (non-hydrogen) atoms. The molecule has 0 saturated heterocycles. The number of ether oxygens (including phenoxy) is 1. The molecule has 2 rings (SSSR count). The van der Waals surface area contributed by atoms with E-state index in [0.29, 0.717) is 18.6 Å². The lowest BCUT2D eigenvalue weighted by atomic mass is 9.92. The molecule has 90 valence electrons. The Labute approximate surface area is 101 Å². The van der Waals surface area contributed by atoms with Crippen molar-refractivity contribution in [2.24, 2.45) is 11.3 Å². The second kappa shape index (κ2) is 4.32. The molecule has 0 N–H and O–H groups in total. The summed E-state index contributed by atoms with van der Waals surface area (Å²) in [6, 6.07) is 8.95. The summed E-state index contributed by atoms with van der Waals surface area (Å²) in [5, 5.41) is 0. The average molecular weight is 232 g/mol. The number of hydrogen-bond donors (Lipinski definition) is 0. The van der Waals surface area contributed by atoms with Crippen molar-refractivity contribution in [2.75, 3.05) is 6.61 Å². The first kappa shape index (κ1) is 11.8. The third-order valence-corrected chi connectivity index (χ3v) is 3.39. The highest BCUT2D eigenvalue weighted by Gasteiger charge is 2.64. The van der Waals surface area contributed by atoms with E-state index in [1.54, 1.807) is 31.2 Å². The number of carbonyl (C=O) groups excluding carboxylic acids is 2. The van der Waals surface area contributed by atoms with E-state index >= 15 is 0 Å². The van der Waals surface area contributed by atoms with Gasteiger partial charge in [0.2, 0.25) is 0 Å². The molecular weight excluding hydrogens is 216 g/mol. The van der Waals surface area contributed by atoms with E-state index in [4.69, 9.17) is 4.74 Å². The smallest absolute Gasteiger partial charge is 0.320 e. The molecule has 0 amide bonds. The van der Waals surface area contributed by atoms with E-state index in [9.17, 15) is 9.59 Å². The van der Waals surface area contributed by atoms with Crippen LogP contribution in [0.15, 0.2) is 30.3 Å². The molecule has 3 heteroatoms. The van der Waals surface area contributed by atoms with E-state index in [1.165, 1.54) is 0 Å². The number of hydrogen-bond acceptors (Lipinski definition) is 3. The first-order chi connectivity index (χ1) is 8.13. The fourth-order valence-corrected chi connectivity index (χ4v) is 2.22. The van der Waals surface area contributed by atoms with Crippen LogP contribution in [-0.2, 0) is 9.53 Å². The summed E-state index contributed by atoms with van der Waals surface area (Å²) >= 11 is 0. The van der Waals surface area contributed by atoms with Crippen LogP contribution in [0.4, 0.5) is 0 Å². The average Bonchev–Trinajstić information content (AvgIpc) is 3.03. The molecule has 1 aliphatic rings. The lowest BCUT2D eigenvalue weighted by Crippen LogP contribution is -2.29. The Morgan fingerprint density at radius 3 is 2.41 bits per heavy atom. The second-order valence-corrected chi connectivity index (χ2v) is 4.49. The fourth-order valence-electron chi connectivity index (χ4n) is 2.22. The van der Waals surface area contributed by atoms with Gasteiger partial charge in [-0.25, -0.2) is 0 Å². The van der Waals surface area contributed by atoms with Gasteiger partial charge in [0.15, 0.2) is 5.78 Å². The molecule has 3 nitrogen and oxygen atoms in total. The zero-order valence-electron chi connectivity index (χ0n) is 10.1. The summed E-state index contributed by atoms with van der Waals surface area (Å²) < 4.78 is 5.02.